The summed E-state index contributed by atoms with van der Waals surface area (Å²) in [6.07, 6.45) is 1.00. The topological polar surface area (TPSA) is 146 Å². The van der Waals surface area contributed by atoms with E-state index in [0.29, 0.717) is 35.2 Å². The van der Waals surface area contributed by atoms with Crippen molar-refractivity contribution < 1.29 is 14.2 Å². The summed E-state index contributed by atoms with van der Waals surface area (Å²) in [6, 6.07) is 15.3. The summed E-state index contributed by atoms with van der Waals surface area (Å²) in [5, 5.41) is 19.8. The van der Waals surface area contributed by atoms with Crippen LogP contribution in [-0.2, 0) is 6.42 Å². The lowest BCUT2D eigenvalue weighted by molar-refractivity contribution is 0.0950. The first-order valence-electron chi connectivity index (χ1n) is 11.6. The van der Waals surface area contributed by atoms with Gasteiger partial charge in [-0.3, -0.25) is 4.79 Å². The minimum absolute atomic E-state index is 0.00817. The Balaban J connectivity index is 1.62. The van der Waals surface area contributed by atoms with Gasteiger partial charge in [0.1, 0.15) is 11.4 Å². The molecule has 4 rings (SSSR count). The minimum Gasteiger partial charge on any atom is -0.494 e. The van der Waals surface area contributed by atoms with Crippen LogP contribution in [0.4, 0.5) is 5.82 Å². The van der Waals surface area contributed by atoms with Crippen LogP contribution >= 0.6 is 0 Å². The van der Waals surface area contributed by atoms with E-state index < -0.39 is 5.91 Å². The number of nitrogens with one attached hydrogen (secondary N) is 1. The van der Waals surface area contributed by atoms with Crippen LogP contribution in [0, 0.1) is 5.92 Å². The zero-order valence-electron chi connectivity index (χ0n) is 20.6. The van der Waals surface area contributed by atoms with Gasteiger partial charge in [-0.1, -0.05) is 43.3 Å². The summed E-state index contributed by atoms with van der Waals surface area (Å²) in [7, 11) is 0. The number of nitrogen functional groups attached to an aromatic ring is 1. The van der Waals surface area contributed by atoms with Crippen molar-refractivity contribution in [3.8, 4) is 22.8 Å². The molecular weight excluding hydrogens is 460 g/mol. The number of nitrogens with zero attached hydrogens (tertiary/aromatic N) is 6. The van der Waals surface area contributed by atoms with Crippen molar-refractivity contribution in [3.05, 3.63) is 65.4 Å². The summed E-state index contributed by atoms with van der Waals surface area (Å²) < 4.78 is 11.5. The molecule has 0 saturated heterocycles. The van der Waals surface area contributed by atoms with Gasteiger partial charge in [0.15, 0.2) is 5.69 Å². The first-order chi connectivity index (χ1) is 17.4. The third-order valence-electron chi connectivity index (χ3n) is 5.36. The summed E-state index contributed by atoms with van der Waals surface area (Å²) in [6.45, 7) is 8.62. The molecule has 0 aliphatic heterocycles. The van der Waals surface area contributed by atoms with Gasteiger partial charge in [-0.2, -0.15) is 9.78 Å². The number of aromatic nitrogens is 5. The Hall–Kier alpha value is -4.54. The second-order valence-corrected chi connectivity index (χ2v) is 8.56. The highest BCUT2D eigenvalue weighted by Gasteiger charge is 2.25. The molecule has 0 atom stereocenters. The van der Waals surface area contributed by atoms with Crippen LogP contribution in [0.3, 0.4) is 0 Å². The Morgan fingerprint density at radius 3 is 2.47 bits per heavy atom. The predicted molar refractivity (Wildman–Crippen MR) is 135 cm³/mol. The van der Waals surface area contributed by atoms with Crippen molar-refractivity contribution in [2.75, 3.05) is 12.3 Å². The van der Waals surface area contributed by atoms with Crippen molar-refractivity contribution in [2.45, 2.75) is 34.1 Å². The van der Waals surface area contributed by atoms with E-state index >= 15 is 0 Å². The molecule has 0 radical (unpaired) electrons. The zero-order chi connectivity index (χ0) is 25.7. The van der Waals surface area contributed by atoms with Gasteiger partial charge in [0.25, 0.3) is 5.91 Å². The maximum Gasteiger partial charge on any atom is 0.294 e. The lowest BCUT2D eigenvalue weighted by atomic mass is 10.0. The molecule has 0 unspecified atom stereocenters. The molecule has 0 spiro atoms. The number of nitrogens with two attached hydrogens (primary N) is 1. The number of hydrogen-bond donors (Lipinski definition) is 2. The van der Waals surface area contributed by atoms with Gasteiger partial charge < -0.3 is 10.5 Å². The molecule has 11 heteroatoms. The monoisotopic (exact) mass is 488 g/mol. The number of anilines is 1. The summed E-state index contributed by atoms with van der Waals surface area (Å²) in [4.78, 5) is 13.1. The second-order valence-electron chi connectivity index (χ2n) is 8.56. The van der Waals surface area contributed by atoms with Crippen molar-refractivity contribution in [1.29, 1.82) is 0 Å². The summed E-state index contributed by atoms with van der Waals surface area (Å²) in [5.41, 5.74) is 12.3. The highest BCUT2D eigenvalue weighted by atomic mass is 16.6. The second kappa shape index (κ2) is 10.8. The van der Waals surface area contributed by atoms with Crippen molar-refractivity contribution in [1.82, 2.24) is 30.7 Å². The molecule has 2 aromatic heterocycles. The Morgan fingerprint density at radius 2 is 1.86 bits per heavy atom. The third kappa shape index (κ3) is 5.40. The largest absolute Gasteiger partial charge is 0.494 e. The van der Waals surface area contributed by atoms with E-state index in [1.165, 1.54) is 10.2 Å². The zero-order valence-corrected chi connectivity index (χ0v) is 20.6. The van der Waals surface area contributed by atoms with Gasteiger partial charge in [-0.05, 0) is 71.9 Å². The van der Waals surface area contributed by atoms with E-state index in [-0.39, 0.29) is 17.3 Å². The molecule has 11 nitrogen and oxygen atoms in total. The van der Waals surface area contributed by atoms with Gasteiger partial charge in [0, 0.05) is 5.56 Å². The van der Waals surface area contributed by atoms with Gasteiger partial charge >= 0.3 is 0 Å². The number of hydrazone groups is 1. The van der Waals surface area contributed by atoms with Gasteiger partial charge in [-0.25, -0.2) is 10.1 Å². The Kier molecular flexibility index (Phi) is 7.38. The molecule has 36 heavy (non-hydrogen) atoms. The average molecular weight is 489 g/mol. The van der Waals surface area contributed by atoms with E-state index in [4.69, 9.17) is 15.1 Å². The predicted octanol–water partition coefficient (Wildman–Crippen LogP) is 3.65. The van der Waals surface area contributed by atoms with Crippen molar-refractivity contribution >= 4 is 17.4 Å². The lowest BCUT2D eigenvalue weighted by Crippen LogP contribution is -2.21. The fraction of sp³-hybridized carbons (Fsp3) is 0.280. The van der Waals surface area contributed by atoms with Crippen LogP contribution in [0.1, 0.15) is 49.3 Å². The average Bonchev–Trinajstić information content (AvgIpc) is 3.49. The molecule has 0 aliphatic rings. The molecule has 186 valence electrons. The molecule has 4 aromatic rings. The Morgan fingerprint density at radius 1 is 1.14 bits per heavy atom. The van der Waals surface area contributed by atoms with E-state index in [0.717, 1.165) is 12.0 Å². The minimum atomic E-state index is -0.545. The standard InChI is InChI=1S/C25H28N8O3/c1-5-35-20-12-10-19(11-13-20)22-21(28-32-33(22)24-23(26)30-36-31-24)25(34)29-27-16(4)18-8-6-17(7-9-18)14-15(2)3/h6-13,15H,5,14H2,1-4H3,(H2,26,30)(H,29,34). The molecule has 0 aliphatic carbocycles. The number of amides is 1. The molecule has 2 aromatic carbocycles. The highest BCUT2D eigenvalue weighted by molar-refractivity contribution is 6.02. The lowest BCUT2D eigenvalue weighted by Gasteiger charge is -2.08. The number of hydrogen-bond acceptors (Lipinski definition) is 9. The van der Waals surface area contributed by atoms with E-state index in [1.54, 1.807) is 24.3 Å². The molecule has 1 amide bonds. The van der Waals surface area contributed by atoms with Crippen molar-refractivity contribution in [3.63, 3.8) is 0 Å². The number of carbonyl (C=O) groups is 1. The molecule has 3 N–H and O–H groups in total. The van der Waals surface area contributed by atoms with Gasteiger partial charge in [-0.15, -0.1) is 5.10 Å². The van der Waals surface area contributed by atoms with Crippen LogP contribution in [0.2, 0.25) is 0 Å². The van der Waals surface area contributed by atoms with Crippen LogP contribution in [0.5, 0.6) is 5.75 Å². The normalized spacial score (nSPS) is 11.6. The highest BCUT2D eigenvalue weighted by Crippen LogP contribution is 2.28. The summed E-state index contributed by atoms with van der Waals surface area (Å²) >= 11 is 0. The fourth-order valence-corrected chi connectivity index (χ4v) is 3.66. The summed E-state index contributed by atoms with van der Waals surface area (Å²) in [5.74, 6) is 0.844. The smallest absolute Gasteiger partial charge is 0.294 e. The SMILES string of the molecule is CCOc1ccc(-c2c(C(=O)NN=C(C)c3ccc(CC(C)C)cc3)nnn2-c2nonc2N)cc1. The molecular formula is C25H28N8O3. The molecule has 0 saturated carbocycles. The quantitative estimate of drug-likeness (QED) is 0.268. The number of benzene rings is 2. The first kappa shape index (κ1) is 24.6. The van der Waals surface area contributed by atoms with Gasteiger partial charge in [0.2, 0.25) is 11.6 Å². The van der Waals surface area contributed by atoms with E-state index in [2.05, 4.69) is 57.1 Å². The Bertz CT molecular complexity index is 1350. The van der Waals surface area contributed by atoms with E-state index in [9.17, 15) is 4.79 Å². The van der Waals surface area contributed by atoms with Crippen LogP contribution in [0.15, 0.2) is 58.3 Å². The van der Waals surface area contributed by atoms with Crippen molar-refractivity contribution in [2.24, 2.45) is 11.0 Å². The number of ether oxygens (including phenoxy) is 1. The van der Waals surface area contributed by atoms with Crippen LogP contribution in [-0.4, -0.2) is 43.5 Å². The maximum absolute atomic E-state index is 13.1. The molecule has 0 fully saturated rings. The molecule has 0 bridgehead atoms. The maximum atomic E-state index is 13.1. The van der Waals surface area contributed by atoms with Crippen LogP contribution in [0.25, 0.3) is 17.1 Å². The number of carbonyl (C=O) groups excluding carboxylic acids is 1. The molecule has 2 heterocycles. The van der Waals surface area contributed by atoms with E-state index in [1.807, 2.05) is 26.0 Å². The number of rotatable bonds is 9. The first-order valence-corrected chi connectivity index (χ1v) is 11.6. The van der Waals surface area contributed by atoms with Gasteiger partial charge in [0.05, 0.1) is 12.3 Å². The Labute approximate surface area is 208 Å². The fourth-order valence-electron chi connectivity index (χ4n) is 3.66. The third-order valence-corrected chi connectivity index (χ3v) is 5.36. The van der Waals surface area contributed by atoms with Crippen LogP contribution < -0.4 is 15.9 Å².